The Hall–Kier alpha value is -2.58. The van der Waals surface area contributed by atoms with Crippen LogP contribution in [0.5, 0.6) is 11.5 Å². The molecule has 0 atom stereocenters. The maximum atomic E-state index is 13.4. The smallest absolute Gasteiger partial charge is 0.258 e. The molecule has 2 aliphatic heterocycles. The van der Waals surface area contributed by atoms with Crippen LogP contribution in [0.1, 0.15) is 57.9 Å². The molecule has 2 aromatic rings. The molecule has 0 N–H and O–H groups in total. The van der Waals surface area contributed by atoms with Crippen molar-refractivity contribution in [2.24, 2.45) is 0 Å². The van der Waals surface area contributed by atoms with Gasteiger partial charge in [0.1, 0.15) is 11.5 Å². The molecule has 1 aromatic carbocycles. The Morgan fingerprint density at radius 3 is 2.24 bits per heavy atom. The molecule has 7 nitrogen and oxygen atoms in total. The van der Waals surface area contributed by atoms with E-state index in [4.69, 9.17) is 9.47 Å². The van der Waals surface area contributed by atoms with E-state index in [2.05, 4.69) is 24.8 Å². The number of hydrogen-bond donors (Lipinski definition) is 0. The third kappa shape index (κ3) is 4.87. The number of amides is 2. The lowest BCUT2D eigenvalue weighted by Gasteiger charge is -2.33. The van der Waals surface area contributed by atoms with E-state index in [1.54, 1.807) is 32.5 Å². The molecular weight excluding hydrogens is 438 g/mol. The van der Waals surface area contributed by atoms with Gasteiger partial charge in [0.2, 0.25) is 5.91 Å². The molecule has 33 heavy (non-hydrogen) atoms. The lowest BCUT2D eigenvalue weighted by molar-refractivity contribution is -0.130. The van der Waals surface area contributed by atoms with E-state index in [1.165, 1.54) is 15.3 Å². The van der Waals surface area contributed by atoms with Crippen molar-refractivity contribution in [3.8, 4) is 11.5 Å². The number of benzene rings is 1. The van der Waals surface area contributed by atoms with Gasteiger partial charge in [-0.1, -0.05) is 13.8 Å². The van der Waals surface area contributed by atoms with Crippen LogP contribution in [0.15, 0.2) is 18.2 Å². The monoisotopic (exact) mass is 471 g/mol. The van der Waals surface area contributed by atoms with Crippen molar-refractivity contribution in [1.82, 2.24) is 14.7 Å². The van der Waals surface area contributed by atoms with Crippen molar-refractivity contribution in [3.63, 3.8) is 0 Å². The molecular formula is C25H33N3O4S. The normalized spacial score (nSPS) is 16.3. The van der Waals surface area contributed by atoms with Crippen molar-refractivity contribution in [3.05, 3.63) is 44.6 Å². The molecule has 1 fully saturated rings. The number of carbonyl (C=O) groups is 2. The summed E-state index contributed by atoms with van der Waals surface area (Å²) in [7, 11) is 3.23. The summed E-state index contributed by atoms with van der Waals surface area (Å²) in [5.74, 6) is 1.66. The van der Waals surface area contributed by atoms with Crippen LogP contribution in [0, 0.1) is 0 Å². The number of fused-ring (bicyclic) bond motifs is 1. The van der Waals surface area contributed by atoms with E-state index >= 15 is 0 Å². The van der Waals surface area contributed by atoms with Gasteiger partial charge in [0.05, 0.1) is 26.3 Å². The van der Waals surface area contributed by atoms with E-state index in [1.807, 2.05) is 21.9 Å². The standard InChI is InChI=1S/C25H33N3O4S/c1-16(2)20-11-21(23(32-5)12-22(20)31-4)25(30)28-13-18-10-19(33-24(18)15-28)14-26-6-8-27(9-7-26)17(3)29/h10-12,16H,6-9,13-15H2,1-5H3. The van der Waals surface area contributed by atoms with Crippen LogP contribution in [0.25, 0.3) is 0 Å². The van der Waals surface area contributed by atoms with E-state index in [0.717, 1.165) is 44.0 Å². The Labute approximate surface area is 199 Å². The minimum atomic E-state index is -0.0123. The van der Waals surface area contributed by atoms with Gasteiger partial charge in [0, 0.05) is 62.0 Å². The predicted molar refractivity (Wildman–Crippen MR) is 129 cm³/mol. The van der Waals surface area contributed by atoms with Gasteiger partial charge in [-0.25, -0.2) is 0 Å². The Morgan fingerprint density at radius 1 is 0.970 bits per heavy atom. The molecule has 3 heterocycles. The molecule has 2 amide bonds. The van der Waals surface area contributed by atoms with Gasteiger partial charge in [0.15, 0.2) is 0 Å². The Morgan fingerprint density at radius 2 is 1.67 bits per heavy atom. The van der Waals surface area contributed by atoms with Crippen LogP contribution in [-0.4, -0.2) is 66.9 Å². The van der Waals surface area contributed by atoms with Crippen molar-refractivity contribution < 1.29 is 19.1 Å². The molecule has 1 aromatic heterocycles. The molecule has 0 radical (unpaired) electrons. The van der Waals surface area contributed by atoms with Crippen LogP contribution < -0.4 is 9.47 Å². The Bertz CT molecular complexity index is 1020. The maximum absolute atomic E-state index is 13.4. The summed E-state index contributed by atoms with van der Waals surface area (Å²) in [5, 5.41) is 0. The number of thiophene rings is 1. The zero-order valence-electron chi connectivity index (χ0n) is 20.1. The first-order valence-corrected chi connectivity index (χ1v) is 12.3. The second-order valence-electron chi connectivity index (χ2n) is 9.05. The minimum absolute atomic E-state index is 0.0123. The van der Waals surface area contributed by atoms with Crippen molar-refractivity contribution in [2.45, 2.75) is 46.3 Å². The first-order valence-electron chi connectivity index (χ1n) is 11.4. The van der Waals surface area contributed by atoms with Gasteiger partial charge in [0.25, 0.3) is 5.91 Å². The molecule has 178 valence electrons. The molecule has 8 heteroatoms. The summed E-state index contributed by atoms with van der Waals surface area (Å²) >= 11 is 1.80. The molecule has 0 unspecified atom stereocenters. The van der Waals surface area contributed by atoms with Crippen LogP contribution in [0.2, 0.25) is 0 Å². The SMILES string of the molecule is COc1cc(OC)c(C(C)C)cc1C(=O)N1Cc2cc(CN3CCN(C(C)=O)CC3)sc2C1. The fourth-order valence-corrected chi connectivity index (χ4v) is 5.85. The Balaban J connectivity index is 1.43. The number of piperazine rings is 1. The number of rotatable bonds is 6. The van der Waals surface area contributed by atoms with E-state index in [9.17, 15) is 9.59 Å². The second kappa shape index (κ2) is 9.73. The highest BCUT2D eigenvalue weighted by Gasteiger charge is 2.30. The zero-order valence-corrected chi connectivity index (χ0v) is 21.0. The first-order chi connectivity index (χ1) is 15.8. The molecule has 0 bridgehead atoms. The molecule has 0 spiro atoms. The van der Waals surface area contributed by atoms with Crippen LogP contribution in [0.3, 0.4) is 0 Å². The van der Waals surface area contributed by atoms with Crippen LogP contribution in [0.4, 0.5) is 0 Å². The highest BCUT2D eigenvalue weighted by Crippen LogP contribution is 2.37. The number of ether oxygens (including phenoxy) is 2. The maximum Gasteiger partial charge on any atom is 0.258 e. The van der Waals surface area contributed by atoms with E-state index in [-0.39, 0.29) is 17.7 Å². The number of methoxy groups -OCH3 is 2. The van der Waals surface area contributed by atoms with Crippen LogP contribution >= 0.6 is 11.3 Å². The predicted octanol–water partition coefficient (Wildman–Crippen LogP) is 3.71. The third-order valence-corrected chi connectivity index (χ3v) is 7.68. The fourth-order valence-electron chi connectivity index (χ4n) is 4.61. The molecule has 1 saturated heterocycles. The molecule has 2 aliphatic rings. The van der Waals surface area contributed by atoms with Crippen LogP contribution in [-0.2, 0) is 24.4 Å². The minimum Gasteiger partial charge on any atom is -0.496 e. The summed E-state index contributed by atoms with van der Waals surface area (Å²) in [6.07, 6.45) is 0. The highest BCUT2D eigenvalue weighted by molar-refractivity contribution is 7.12. The van der Waals surface area contributed by atoms with Gasteiger partial charge in [-0.05, 0) is 29.2 Å². The van der Waals surface area contributed by atoms with Gasteiger partial charge in [-0.3, -0.25) is 14.5 Å². The van der Waals surface area contributed by atoms with E-state index in [0.29, 0.717) is 24.4 Å². The summed E-state index contributed by atoms with van der Waals surface area (Å²) in [5.41, 5.74) is 2.82. The average molecular weight is 472 g/mol. The summed E-state index contributed by atoms with van der Waals surface area (Å²) in [4.78, 5) is 33.8. The largest absolute Gasteiger partial charge is 0.496 e. The molecule has 4 rings (SSSR count). The summed E-state index contributed by atoms with van der Waals surface area (Å²) in [6.45, 7) is 11.4. The average Bonchev–Trinajstić information content (AvgIpc) is 3.36. The third-order valence-electron chi connectivity index (χ3n) is 6.53. The zero-order chi connectivity index (χ0) is 23.7. The van der Waals surface area contributed by atoms with Gasteiger partial charge in [-0.15, -0.1) is 11.3 Å². The first kappa shape index (κ1) is 23.6. The lowest BCUT2D eigenvalue weighted by atomic mass is 9.98. The van der Waals surface area contributed by atoms with Gasteiger partial charge >= 0.3 is 0 Å². The topological polar surface area (TPSA) is 62.3 Å². The Kier molecular flexibility index (Phi) is 6.95. The fraction of sp³-hybridized carbons (Fsp3) is 0.520. The van der Waals surface area contributed by atoms with Gasteiger partial charge < -0.3 is 19.3 Å². The number of nitrogens with zero attached hydrogens (tertiary/aromatic N) is 3. The number of hydrogen-bond acceptors (Lipinski definition) is 6. The van der Waals surface area contributed by atoms with Crippen molar-refractivity contribution in [2.75, 3.05) is 40.4 Å². The van der Waals surface area contributed by atoms with Crippen molar-refractivity contribution >= 4 is 23.2 Å². The second-order valence-corrected chi connectivity index (χ2v) is 10.3. The molecule has 0 saturated carbocycles. The lowest BCUT2D eigenvalue weighted by Crippen LogP contribution is -2.47. The van der Waals surface area contributed by atoms with E-state index < -0.39 is 0 Å². The quantitative estimate of drug-likeness (QED) is 0.643. The van der Waals surface area contributed by atoms with Crippen molar-refractivity contribution in [1.29, 1.82) is 0 Å². The summed E-state index contributed by atoms with van der Waals surface area (Å²) < 4.78 is 11.0. The number of carbonyl (C=O) groups excluding carboxylic acids is 2. The summed E-state index contributed by atoms with van der Waals surface area (Å²) in [6, 6.07) is 5.98. The molecule has 0 aliphatic carbocycles. The highest BCUT2D eigenvalue weighted by atomic mass is 32.1. The van der Waals surface area contributed by atoms with Gasteiger partial charge in [-0.2, -0.15) is 0 Å².